The van der Waals surface area contributed by atoms with Crippen molar-refractivity contribution in [1.29, 1.82) is 0 Å². The molecule has 128 valence electrons. The predicted octanol–water partition coefficient (Wildman–Crippen LogP) is 2.53. The third-order valence-corrected chi connectivity index (χ3v) is 4.39. The number of benzene rings is 1. The third kappa shape index (κ3) is 5.50. The fourth-order valence-electron chi connectivity index (χ4n) is 2.99. The number of nitrogens with zero attached hydrogens (tertiary/aromatic N) is 2. The maximum Gasteiger partial charge on any atom is 0.191 e. The van der Waals surface area contributed by atoms with Crippen LogP contribution in [0.25, 0.3) is 0 Å². The second kappa shape index (κ2) is 8.87. The van der Waals surface area contributed by atoms with Crippen LogP contribution in [0.5, 0.6) is 0 Å². The van der Waals surface area contributed by atoms with Crippen molar-refractivity contribution in [3.63, 3.8) is 0 Å². The number of hydrogen-bond donors (Lipinski definition) is 2. The van der Waals surface area contributed by atoms with Gasteiger partial charge in [-0.1, -0.05) is 19.1 Å². The molecule has 1 atom stereocenters. The van der Waals surface area contributed by atoms with Gasteiger partial charge in [-0.25, -0.2) is 4.39 Å². The summed E-state index contributed by atoms with van der Waals surface area (Å²) in [5.74, 6) is 1.30. The molecular weight excluding hydrogens is 291 g/mol. The normalized spacial score (nSPS) is 19.1. The summed E-state index contributed by atoms with van der Waals surface area (Å²) < 4.78 is 13.6. The Bertz CT molecular complexity index is 530. The first-order valence-corrected chi connectivity index (χ1v) is 8.54. The summed E-state index contributed by atoms with van der Waals surface area (Å²) >= 11 is 0. The monoisotopic (exact) mass is 320 g/mol. The second-order valence-electron chi connectivity index (χ2n) is 6.35. The molecule has 0 radical (unpaired) electrons. The molecule has 1 saturated heterocycles. The molecule has 1 heterocycles. The van der Waals surface area contributed by atoms with Crippen LogP contribution in [-0.4, -0.2) is 44.1 Å². The van der Waals surface area contributed by atoms with E-state index in [1.54, 1.807) is 20.0 Å². The van der Waals surface area contributed by atoms with E-state index in [-0.39, 0.29) is 5.82 Å². The zero-order valence-electron chi connectivity index (χ0n) is 14.5. The topological polar surface area (TPSA) is 39.7 Å². The second-order valence-corrected chi connectivity index (χ2v) is 6.35. The van der Waals surface area contributed by atoms with Crippen molar-refractivity contribution in [2.75, 3.05) is 33.2 Å². The minimum absolute atomic E-state index is 0.158. The smallest absolute Gasteiger partial charge is 0.191 e. The summed E-state index contributed by atoms with van der Waals surface area (Å²) in [4.78, 5) is 6.77. The number of hydrogen-bond acceptors (Lipinski definition) is 2. The predicted molar refractivity (Wildman–Crippen MR) is 94.2 cm³/mol. The van der Waals surface area contributed by atoms with Crippen molar-refractivity contribution >= 4 is 5.96 Å². The summed E-state index contributed by atoms with van der Waals surface area (Å²) in [6, 6.07) is 5.33. The Labute approximate surface area is 139 Å². The third-order valence-electron chi connectivity index (χ3n) is 4.39. The molecule has 0 spiro atoms. The van der Waals surface area contributed by atoms with Gasteiger partial charge >= 0.3 is 0 Å². The molecular formula is C18H29FN4. The van der Waals surface area contributed by atoms with Gasteiger partial charge in [0.05, 0.1) is 0 Å². The molecule has 2 rings (SSSR count). The lowest BCUT2D eigenvalue weighted by atomic mass is 10.1. The average Bonchev–Trinajstić information content (AvgIpc) is 2.99. The zero-order chi connectivity index (χ0) is 16.7. The zero-order valence-corrected chi connectivity index (χ0v) is 14.5. The van der Waals surface area contributed by atoms with Gasteiger partial charge < -0.3 is 15.5 Å². The summed E-state index contributed by atoms with van der Waals surface area (Å²) in [5.41, 5.74) is 1.60. The lowest BCUT2D eigenvalue weighted by Crippen LogP contribution is -2.40. The molecule has 0 aliphatic carbocycles. The highest BCUT2D eigenvalue weighted by molar-refractivity contribution is 5.79. The summed E-state index contributed by atoms with van der Waals surface area (Å²) in [6.07, 6.45) is 2.46. The number of aliphatic imine (C=N–C) groups is 1. The molecule has 1 aliphatic rings. The molecule has 23 heavy (non-hydrogen) atoms. The molecule has 1 unspecified atom stereocenters. The Morgan fingerprint density at radius 1 is 1.39 bits per heavy atom. The van der Waals surface area contributed by atoms with Gasteiger partial charge in [-0.3, -0.25) is 4.99 Å². The van der Waals surface area contributed by atoms with E-state index < -0.39 is 0 Å². The minimum Gasteiger partial charge on any atom is -0.356 e. The lowest BCUT2D eigenvalue weighted by molar-refractivity contribution is 0.324. The van der Waals surface area contributed by atoms with Crippen molar-refractivity contribution in [2.45, 2.75) is 33.2 Å². The van der Waals surface area contributed by atoms with Gasteiger partial charge in [0.2, 0.25) is 0 Å². The van der Waals surface area contributed by atoms with Gasteiger partial charge in [-0.15, -0.1) is 0 Å². The first-order valence-electron chi connectivity index (χ1n) is 8.54. The molecule has 0 saturated carbocycles. The van der Waals surface area contributed by atoms with E-state index in [9.17, 15) is 4.39 Å². The van der Waals surface area contributed by atoms with Crippen LogP contribution in [0, 0.1) is 18.7 Å². The fourth-order valence-corrected chi connectivity index (χ4v) is 2.99. The van der Waals surface area contributed by atoms with Crippen LogP contribution in [0.3, 0.4) is 0 Å². The number of nitrogens with one attached hydrogen (secondary N) is 2. The van der Waals surface area contributed by atoms with Gasteiger partial charge in [0.25, 0.3) is 0 Å². The lowest BCUT2D eigenvalue weighted by Gasteiger charge is -2.17. The van der Waals surface area contributed by atoms with Crippen molar-refractivity contribution in [3.8, 4) is 0 Å². The molecule has 0 aromatic heterocycles. The highest BCUT2D eigenvalue weighted by Gasteiger charge is 2.21. The number of guanidine groups is 1. The van der Waals surface area contributed by atoms with Crippen molar-refractivity contribution in [2.24, 2.45) is 10.9 Å². The van der Waals surface area contributed by atoms with Gasteiger partial charge in [0.15, 0.2) is 5.96 Å². The Kier molecular flexibility index (Phi) is 6.84. The number of halogens is 1. The van der Waals surface area contributed by atoms with E-state index in [4.69, 9.17) is 0 Å². The molecule has 1 aliphatic heterocycles. The van der Waals surface area contributed by atoms with E-state index >= 15 is 0 Å². The molecule has 1 aromatic rings. The van der Waals surface area contributed by atoms with E-state index in [1.165, 1.54) is 32.5 Å². The maximum atomic E-state index is 13.6. The molecule has 0 amide bonds. The van der Waals surface area contributed by atoms with E-state index in [1.807, 2.05) is 12.1 Å². The Balaban J connectivity index is 1.74. The molecule has 5 heteroatoms. The van der Waals surface area contributed by atoms with Gasteiger partial charge in [0.1, 0.15) is 5.82 Å². The molecule has 1 fully saturated rings. The molecule has 4 nitrogen and oxygen atoms in total. The highest BCUT2D eigenvalue weighted by Crippen LogP contribution is 2.15. The van der Waals surface area contributed by atoms with E-state index in [0.29, 0.717) is 18.0 Å². The first kappa shape index (κ1) is 17.7. The van der Waals surface area contributed by atoms with Crippen molar-refractivity contribution in [1.82, 2.24) is 15.5 Å². The van der Waals surface area contributed by atoms with Gasteiger partial charge in [-0.2, -0.15) is 0 Å². The van der Waals surface area contributed by atoms with Crippen LogP contribution in [-0.2, 0) is 6.54 Å². The molecule has 0 bridgehead atoms. The van der Waals surface area contributed by atoms with Crippen LogP contribution in [0.15, 0.2) is 23.2 Å². The largest absolute Gasteiger partial charge is 0.356 e. The van der Waals surface area contributed by atoms with Crippen LogP contribution < -0.4 is 10.6 Å². The number of rotatable bonds is 6. The fraction of sp³-hybridized carbons (Fsp3) is 0.611. The summed E-state index contributed by atoms with van der Waals surface area (Å²) in [6.45, 7) is 9.08. The van der Waals surface area contributed by atoms with Crippen molar-refractivity contribution in [3.05, 3.63) is 35.1 Å². The summed E-state index contributed by atoms with van der Waals surface area (Å²) in [7, 11) is 1.77. The maximum absolute atomic E-state index is 13.6. The number of aryl methyl sites for hydroxylation is 1. The van der Waals surface area contributed by atoms with Crippen LogP contribution in [0.2, 0.25) is 0 Å². The van der Waals surface area contributed by atoms with Gasteiger partial charge in [0, 0.05) is 26.7 Å². The first-order chi connectivity index (χ1) is 11.1. The SMILES string of the molecule is CCCN1CCC(CNC(=NC)NCc2ccc(C)c(F)c2)C1. The highest BCUT2D eigenvalue weighted by atomic mass is 19.1. The van der Waals surface area contributed by atoms with Crippen LogP contribution >= 0.6 is 0 Å². The van der Waals surface area contributed by atoms with E-state index in [0.717, 1.165) is 18.1 Å². The average molecular weight is 320 g/mol. The van der Waals surface area contributed by atoms with Gasteiger partial charge in [-0.05, 0) is 56.0 Å². The minimum atomic E-state index is -0.158. The Morgan fingerprint density at radius 2 is 2.22 bits per heavy atom. The molecule has 1 aromatic carbocycles. The molecule has 2 N–H and O–H groups in total. The van der Waals surface area contributed by atoms with Crippen molar-refractivity contribution < 1.29 is 4.39 Å². The number of likely N-dealkylation sites (tertiary alicyclic amines) is 1. The van der Waals surface area contributed by atoms with E-state index in [2.05, 4.69) is 27.4 Å². The summed E-state index contributed by atoms with van der Waals surface area (Å²) in [5, 5.41) is 6.64. The Hall–Kier alpha value is -1.62. The standard InChI is InChI=1S/C18H29FN4/c1-4-8-23-9-7-16(13-23)12-22-18(20-3)21-11-15-6-5-14(2)17(19)10-15/h5-6,10,16H,4,7-9,11-13H2,1-3H3,(H2,20,21,22). The Morgan fingerprint density at radius 3 is 2.91 bits per heavy atom. The van der Waals surface area contributed by atoms with Crippen LogP contribution in [0.1, 0.15) is 30.9 Å². The quantitative estimate of drug-likeness (QED) is 0.625. The van der Waals surface area contributed by atoms with Crippen LogP contribution in [0.4, 0.5) is 4.39 Å².